The Labute approximate surface area is 80.2 Å². The Kier molecular flexibility index (Phi) is 2.36. The number of rotatable bonds is 2. The van der Waals surface area contributed by atoms with Gasteiger partial charge < -0.3 is 0 Å². The maximum absolute atomic E-state index is 11.6. The maximum Gasteiger partial charge on any atom is 0.214 e. The van der Waals surface area contributed by atoms with Crippen molar-refractivity contribution < 1.29 is 8.42 Å². The third-order valence-electron chi connectivity index (χ3n) is 3.38. The normalized spacial score (nSPS) is 35.2. The van der Waals surface area contributed by atoms with Crippen molar-refractivity contribution in [1.29, 1.82) is 0 Å². The van der Waals surface area contributed by atoms with Crippen LogP contribution in [0.3, 0.4) is 0 Å². The number of nitrogens with zero attached hydrogens (tertiary/aromatic N) is 1. The molecule has 1 saturated heterocycles. The summed E-state index contributed by atoms with van der Waals surface area (Å²) in [5.74, 6) is 0.936. The van der Waals surface area contributed by atoms with E-state index in [0.717, 1.165) is 13.0 Å². The fourth-order valence-electron chi connectivity index (χ4n) is 2.49. The maximum atomic E-state index is 11.6. The number of hydrogen-bond acceptors (Lipinski definition) is 2. The molecule has 0 bridgehead atoms. The van der Waals surface area contributed by atoms with Crippen LogP contribution < -0.4 is 0 Å². The van der Waals surface area contributed by atoms with E-state index in [0.29, 0.717) is 12.0 Å². The van der Waals surface area contributed by atoms with Crippen LogP contribution in [0.4, 0.5) is 0 Å². The molecule has 2 rings (SSSR count). The predicted molar refractivity (Wildman–Crippen MR) is 51.9 cm³/mol. The van der Waals surface area contributed by atoms with Crippen LogP contribution in [0.1, 0.15) is 32.6 Å². The van der Waals surface area contributed by atoms with Crippen molar-refractivity contribution in [2.24, 2.45) is 5.92 Å². The van der Waals surface area contributed by atoms with Crippen molar-refractivity contribution in [2.75, 3.05) is 12.3 Å². The van der Waals surface area contributed by atoms with E-state index in [9.17, 15) is 8.42 Å². The zero-order chi connectivity index (χ0) is 9.47. The first-order valence-electron chi connectivity index (χ1n) is 5.14. The van der Waals surface area contributed by atoms with Gasteiger partial charge in [0.1, 0.15) is 0 Å². The van der Waals surface area contributed by atoms with Crippen molar-refractivity contribution >= 4 is 10.0 Å². The average molecular weight is 203 g/mol. The lowest BCUT2D eigenvalue weighted by atomic mass is 9.79. The van der Waals surface area contributed by atoms with Crippen molar-refractivity contribution in [3.8, 4) is 0 Å². The SMILES string of the molecule is CCS(=O)(=O)N1CC2CCCCC21. The molecule has 1 aliphatic carbocycles. The van der Waals surface area contributed by atoms with Crippen LogP contribution in [0.25, 0.3) is 0 Å². The fourth-order valence-corrected chi connectivity index (χ4v) is 3.93. The van der Waals surface area contributed by atoms with Gasteiger partial charge in [0.25, 0.3) is 0 Å². The lowest BCUT2D eigenvalue weighted by Crippen LogP contribution is -2.59. The summed E-state index contributed by atoms with van der Waals surface area (Å²) in [5.41, 5.74) is 0. The molecule has 4 heteroatoms. The molecule has 0 aromatic carbocycles. The largest absolute Gasteiger partial charge is 0.214 e. The summed E-state index contributed by atoms with van der Waals surface area (Å²) in [6.07, 6.45) is 4.82. The van der Waals surface area contributed by atoms with E-state index in [1.807, 2.05) is 0 Å². The highest BCUT2D eigenvalue weighted by Crippen LogP contribution is 2.38. The van der Waals surface area contributed by atoms with Crippen LogP contribution in [-0.2, 0) is 10.0 Å². The fraction of sp³-hybridized carbons (Fsp3) is 1.00. The van der Waals surface area contributed by atoms with Crippen molar-refractivity contribution in [2.45, 2.75) is 38.6 Å². The second-order valence-corrected chi connectivity index (χ2v) is 6.29. The third kappa shape index (κ3) is 1.50. The van der Waals surface area contributed by atoms with E-state index in [1.54, 1.807) is 11.2 Å². The van der Waals surface area contributed by atoms with Crippen molar-refractivity contribution in [1.82, 2.24) is 4.31 Å². The van der Waals surface area contributed by atoms with Gasteiger partial charge in [0.2, 0.25) is 10.0 Å². The molecule has 0 radical (unpaired) electrons. The first kappa shape index (κ1) is 9.46. The smallest absolute Gasteiger partial charge is 0.212 e. The average Bonchev–Trinajstić information content (AvgIpc) is 2.07. The highest BCUT2D eigenvalue weighted by atomic mass is 32.2. The van der Waals surface area contributed by atoms with Gasteiger partial charge >= 0.3 is 0 Å². The molecule has 2 aliphatic rings. The monoisotopic (exact) mass is 203 g/mol. The van der Waals surface area contributed by atoms with Gasteiger partial charge in [-0.05, 0) is 25.7 Å². The summed E-state index contributed by atoms with van der Waals surface area (Å²) < 4.78 is 24.8. The van der Waals surface area contributed by atoms with E-state index >= 15 is 0 Å². The first-order chi connectivity index (χ1) is 6.15. The van der Waals surface area contributed by atoms with E-state index < -0.39 is 10.0 Å². The second-order valence-electron chi connectivity index (χ2n) is 4.08. The summed E-state index contributed by atoms with van der Waals surface area (Å²) in [6.45, 7) is 2.52. The minimum Gasteiger partial charge on any atom is -0.212 e. The molecule has 76 valence electrons. The molecule has 2 unspecified atom stereocenters. The van der Waals surface area contributed by atoms with Gasteiger partial charge in [0.05, 0.1) is 5.75 Å². The molecule has 1 aliphatic heterocycles. The molecule has 2 fully saturated rings. The number of sulfonamides is 1. The summed E-state index contributed by atoms with van der Waals surface area (Å²) in [6, 6.07) is 0.360. The van der Waals surface area contributed by atoms with E-state index in [2.05, 4.69) is 0 Å². The van der Waals surface area contributed by atoms with Gasteiger partial charge in [-0.1, -0.05) is 12.8 Å². The summed E-state index contributed by atoms with van der Waals surface area (Å²) >= 11 is 0. The molecule has 0 aromatic heterocycles. The molecule has 0 aromatic rings. The van der Waals surface area contributed by atoms with Crippen LogP contribution in [0.2, 0.25) is 0 Å². The molecule has 3 nitrogen and oxygen atoms in total. The third-order valence-corrected chi connectivity index (χ3v) is 5.24. The Morgan fingerprint density at radius 2 is 2.00 bits per heavy atom. The van der Waals surface area contributed by atoms with Gasteiger partial charge in [-0.3, -0.25) is 0 Å². The Morgan fingerprint density at radius 3 is 2.62 bits per heavy atom. The quantitative estimate of drug-likeness (QED) is 0.676. The molecule has 1 saturated carbocycles. The lowest BCUT2D eigenvalue weighted by molar-refractivity contribution is 0.0603. The Bertz CT molecular complexity index is 286. The molecule has 0 N–H and O–H groups in total. The molecular weight excluding hydrogens is 186 g/mol. The standard InChI is InChI=1S/C9H17NO2S/c1-2-13(11,12)10-7-8-5-3-4-6-9(8)10/h8-9H,2-7H2,1H3. The highest BCUT2D eigenvalue weighted by molar-refractivity contribution is 7.89. The summed E-state index contributed by atoms with van der Waals surface area (Å²) in [7, 11) is -2.90. The Morgan fingerprint density at radius 1 is 1.31 bits per heavy atom. The molecule has 0 spiro atoms. The van der Waals surface area contributed by atoms with Gasteiger partial charge in [0.15, 0.2) is 0 Å². The van der Waals surface area contributed by atoms with Crippen LogP contribution in [0.15, 0.2) is 0 Å². The summed E-state index contributed by atoms with van der Waals surface area (Å²) in [5, 5.41) is 0. The Balaban J connectivity index is 2.05. The minimum atomic E-state index is -2.90. The molecule has 0 amide bonds. The lowest BCUT2D eigenvalue weighted by Gasteiger charge is -2.49. The number of hydrogen-bond donors (Lipinski definition) is 0. The predicted octanol–water partition coefficient (Wildman–Crippen LogP) is 1.21. The van der Waals surface area contributed by atoms with Crippen LogP contribution in [-0.4, -0.2) is 31.1 Å². The summed E-state index contributed by atoms with van der Waals surface area (Å²) in [4.78, 5) is 0. The molecule has 1 heterocycles. The first-order valence-corrected chi connectivity index (χ1v) is 6.75. The van der Waals surface area contributed by atoms with Crippen LogP contribution in [0.5, 0.6) is 0 Å². The van der Waals surface area contributed by atoms with E-state index in [4.69, 9.17) is 0 Å². The molecule has 13 heavy (non-hydrogen) atoms. The van der Waals surface area contributed by atoms with Crippen LogP contribution >= 0.6 is 0 Å². The number of fused-ring (bicyclic) bond motifs is 1. The Hall–Kier alpha value is -0.0900. The van der Waals surface area contributed by atoms with Crippen molar-refractivity contribution in [3.63, 3.8) is 0 Å². The van der Waals surface area contributed by atoms with Crippen molar-refractivity contribution in [3.05, 3.63) is 0 Å². The van der Waals surface area contributed by atoms with E-state index in [-0.39, 0.29) is 5.75 Å². The van der Waals surface area contributed by atoms with Gasteiger partial charge in [-0.2, -0.15) is 4.31 Å². The molecular formula is C9H17NO2S. The van der Waals surface area contributed by atoms with Gasteiger partial charge in [0, 0.05) is 12.6 Å². The topological polar surface area (TPSA) is 37.4 Å². The molecule has 2 atom stereocenters. The second kappa shape index (κ2) is 3.24. The minimum absolute atomic E-state index is 0.260. The van der Waals surface area contributed by atoms with Crippen LogP contribution in [0, 0.1) is 5.92 Å². The van der Waals surface area contributed by atoms with Gasteiger partial charge in [-0.25, -0.2) is 8.42 Å². The van der Waals surface area contributed by atoms with Gasteiger partial charge in [-0.15, -0.1) is 0 Å². The van der Waals surface area contributed by atoms with E-state index in [1.165, 1.54) is 19.3 Å². The highest BCUT2D eigenvalue weighted by Gasteiger charge is 2.45. The zero-order valence-electron chi connectivity index (χ0n) is 8.07. The zero-order valence-corrected chi connectivity index (χ0v) is 8.89.